The maximum Gasteiger partial charge on any atom is 0.318 e. The minimum absolute atomic E-state index is 0.0140. The zero-order chi connectivity index (χ0) is 17.2. The molecule has 1 fully saturated rings. The number of hydrogen-bond acceptors (Lipinski definition) is 2. The predicted octanol–water partition coefficient (Wildman–Crippen LogP) is 4.19. The highest BCUT2D eigenvalue weighted by molar-refractivity contribution is 6.31. The van der Waals surface area contributed by atoms with Crippen molar-refractivity contribution in [2.24, 2.45) is 0 Å². The number of hydrogen-bond donors (Lipinski definition) is 1. The molecular formula is C20H21ClN2O2. The Kier molecular flexibility index (Phi) is 4.53. The van der Waals surface area contributed by atoms with Crippen LogP contribution >= 0.6 is 11.6 Å². The molecule has 5 heteroatoms. The molecule has 130 valence electrons. The van der Waals surface area contributed by atoms with Gasteiger partial charge in [-0.25, -0.2) is 4.79 Å². The van der Waals surface area contributed by atoms with Gasteiger partial charge in [-0.3, -0.25) is 0 Å². The average Bonchev–Trinajstić information content (AvgIpc) is 3.24. The minimum atomic E-state index is -0.0785. The Bertz CT molecular complexity index is 780. The van der Waals surface area contributed by atoms with Gasteiger partial charge in [0.05, 0.1) is 6.04 Å². The number of halogens is 1. The van der Waals surface area contributed by atoms with E-state index in [9.17, 15) is 4.79 Å². The highest BCUT2D eigenvalue weighted by Gasteiger charge is 2.32. The number of para-hydroxylation sites is 1. The largest absolute Gasteiger partial charge is 0.491 e. The first-order valence-electron chi connectivity index (χ1n) is 8.74. The van der Waals surface area contributed by atoms with Gasteiger partial charge in [0, 0.05) is 23.2 Å². The third-order valence-electron chi connectivity index (χ3n) is 5.05. The van der Waals surface area contributed by atoms with Gasteiger partial charge < -0.3 is 15.0 Å². The van der Waals surface area contributed by atoms with Gasteiger partial charge in [0.25, 0.3) is 0 Å². The predicted molar refractivity (Wildman–Crippen MR) is 98.1 cm³/mol. The topological polar surface area (TPSA) is 41.6 Å². The average molecular weight is 357 g/mol. The lowest BCUT2D eigenvalue weighted by atomic mass is 10.0. The van der Waals surface area contributed by atoms with Gasteiger partial charge in [-0.2, -0.15) is 0 Å². The monoisotopic (exact) mass is 356 g/mol. The number of urea groups is 1. The van der Waals surface area contributed by atoms with E-state index in [1.54, 1.807) is 0 Å². The van der Waals surface area contributed by atoms with Crippen molar-refractivity contribution in [2.75, 3.05) is 13.2 Å². The summed E-state index contributed by atoms with van der Waals surface area (Å²) in [6, 6.07) is 15.8. The van der Waals surface area contributed by atoms with E-state index in [4.69, 9.17) is 16.3 Å². The standard InChI is InChI=1S/C20H21ClN2O2/c21-17-9-3-1-6-14(17)12-15-7-5-11-23(15)20(24)22-18-13-25-19-10-4-2-8-16(18)19/h1-4,6,8-10,15,18H,5,7,11-13H2,(H,22,24)/t15-,18-/m0/s1. The molecule has 0 unspecified atom stereocenters. The van der Waals surface area contributed by atoms with Gasteiger partial charge in [0.2, 0.25) is 0 Å². The molecule has 4 nitrogen and oxygen atoms in total. The zero-order valence-electron chi connectivity index (χ0n) is 14.0. The molecule has 0 saturated carbocycles. The van der Waals surface area contributed by atoms with Crippen molar-refractivity contribution in [1.29, 1.82) is 0 Å². The number of fused-ring (bicyclic) bond motifs is 1. The second kappa shape index (κ2) is 6.96. The van der Waals surface area contributed by atoms with E-state index in [0.717, 1.165) is 47.7 Å². The third-order valence-corrected chi connectivity index (χ3v) is 5.42. The van der Waals surface area contributed by atoms with Crippen molar-refractivity contribution in [3.8, 4) is 5.75 Å². The smallest absolute Gasteiger partial charge is 0.318 e. The van der Waals surface area contributed by atoms with Crippen LogP contribution in [0.15, 0.2) is 48.5 Å². The second-order valence-electron chi connectivity index (χ2n) is 6.64. The Morgan fingerprint density at radius 3 is 2.88 bits per heavy atom. The van der Waals surface area contributed by atoms with Gasteiger partial charge in [-0.1, -0.05) is 48.0 Å². The minimum Gasteiger partial charge on any atom is -0.491 e. The summed E-state index contributed by atoms with van der Waals surface area (Å²) in [6.07, 6.45) is 2.83. The molecule has 0 aliphatic carbocycles. The number of carbonyl (C=O) groups excluding carboxylic acids is 1. The van der Waals surface area contributed by atoms with E-state index in [-0.39, 0.29) is 18.1 Å². The van der Waals surface area contributed by atoms with Crippen molar-refractivity contribution >= 4 is 17.6 Å². The number of amides is 2. The van der Waals surface area contributed by atoms with E-state index in [2.05, 4.69) is 5.32 Å². The first kappa shape index (κ1) is 16.3. The van der Waals surface area contributed by atoms with E-state index in [1.807, 2.05) is 53.4 Å². The Morgan fingerprint density at radius 2 is 2.00 bits per heavy atom. The Hall–Kier alpha value is -2.20. The number of benzene rings is 2. The lowest BCUT2D eigenvalue weighted by molar-refractivity contribution is 0.185. The Labute approximate surface area is 152 Å². The summed E-state index contributed by atoms with van der Waals surface area (Å²) in [4.78, 5) is 14.8. The summed E-state index contributed by atoms with van der Waals surface area (Å²) < 4.78 is 5.66. The summed E-state index contributed by atoms with van der Waals surface area (Å²) in [5.74, 6) is 0.863. The van der Waals surface area contributed by atoms with Crippen LogP contribution in [0.3, 0.4) is 0 Å². The normalized spacial score (nSPS) is 21.7. The van der Waals surface area contributed by atoms with Gasteiger partial charge in [0.1, 0.15) is 12.4 Å². The highest BCUT2D eigenvalue weighted by Crippen LogP contribution is 2.32. The maximum atomic E-state index is 12.8. The first-order chi connectivity index (χ1) is 12.2. The fraction of sp³-hybridized carbons (Fsp3) is 0.350. The van der Waals surface area contributed by atoms with E-state index < -0.39 is 0 Å². The molecule has 2 amide bonds. The van der Waals surface area contributed by atoms with E-state index in [0.29, 0.717) is 6.61 Å². The fourth-order valence-electron chi connectivity index (χ4n) is 3.75. The molecular weight excluding hydrogens is 336 g/mol. The second-order valence-corrected chi connectivity index (χ2v) is 7.04. The molecule has 0 spiro atoms. The number of rotatable bonds is 3. The molecule has 0 radical (unpaired) electrons. The fourth-order valence-corrected chi connectivity index (χ4v) is 3.96. The molecule has 2 aliphatic rings. The van der Waals surface area contributed by atoms with Crippen LogP contribution in [0.1, 0.15) is 30.0 Å². The summed E-state index contributed by atoms with van der Waals surface area (Å²) in [5, 5.41) is 3.91. The molecule has 25 heavy (non-hydrogen) atoms. The van der Waals surface area contributed by atoms with Crippen molar-refractivity contribution in [2.45, 2.75) is 31.3 Å². The molecule has 2 heterocycles. The van der Waals surface area contributed by atoms with Crippen LogP contribution in [0.2, 0.25) is 5.02 Å². The SMILES string of the molecule is O=C(N[C@H]1COc2ccccc21)N1CCC[C@H]1Cc1ccccc1Cl. The molecule has 2 aromatic carbocycles. The Balaban J connectivity index is 1.44. The van der Waals surface area contributed by atoms with Crippen LogP contribution in [0.25, 0.3) is 0 Å². The summed E-state index contributed by atoms with van der Waals surface area (Å²) in [5.41, 5.74) is 2.15. The number of likely N-dealkylation sites (tertiary alicyclic amines) is 1. The van der Waals surface area contributed by atoms with Crippen molar-refractivity contribution in [1.82, 2.24) is 10.2 Å². The quantitative estimate of drug-likeness (QED) is 0.895. The van der Waals surface area contributed by atoms with Crippen LogP contribution in [0.5, 0.6) is 5.75 Å². The Morgan fingerprint density at radius 1 is 1.20 bits per heavy atom. The summed E-state index contributed by atoms with van der Waals surface area (Å²) in [7, 11) is 0. The first-order valence-corrected chi connectivity index (χ1v) is 9.12. The van der Waals surface area contributed by atoms with E-state index in [1.165, 1.54) is 0 Å². The van der Waals surface area contributed by atoms with Crippen LogP contribution < -0.4 is 10.1 Å². The molecule has 2 aliphatic heterocycles. The highest BCUT2D eigenvalue weighted by atomic mass is 35.5. The van der Waals surface area contributed by atoms with Gasteiger partial charge in [0.15, 0.2) is 0 Å². The van der Waals surface area contributed by atoms with Crippen LogP contribution in [0, 0.1) is 0 Å². The summed E-state index contributed by atoms with van der Waals surface area (Å²) in [6.45, 7) is 1.28. The lowest BCUT2D eigenvalue weighted by Crippen LogP contribution is -2.45. The number of nitrogens with zero attached hydrogens (tertiary/aromatic N) is 1. The number of carbonyl (C=O) groups is 1. The molecule has 4 rings (SSSR count). The third kappa shape index (κ3) is 3.31. The van der Waals surface area contributed by atoms with Crippen molar-refractivity contribution in [3.05, 3.63) is 64.7 Å². The van der Waals surface area contributed by atoms with E-state index >= 15 is 0 Å². The molecule has 2 atom stereocenters. The van der Waals surface area contributed by atoms with Gasteiger partial charge >= 0.3 is 6.03 Å². The molecule has 2 aromatic rings. The zero-order valence-corrected chi connectivity index (χ0v) is 14.7. The number of ether oxygens (including phenoxy) is 1. The lowest BCUT2D eigenvalue weighted by Gasteiger charge is -2.27. The molecule has 1 N–H and O–H groups in total. The molecule has 0 bridgehead atoms. The van der Waals surface area contributed by atoms with Crippen molar-refractivity contribution in [3.63, 3.8) is 0 Å². The van der Waals surface area contributed by atoms with Crippen LogP contribution in [0.4, 0.5) is 4.79 Å². The molecule has 1 saturated heterocycles. The van der Waals surface area contributed by atoms with Gasteiger partial charge in [-0.05, 0) is 37.0 Å². The molecule has 0 aromatic heterocycles. The maximum absolute atomic E-state index is 12.8. The summed E-state index contributed by atoms with van der Waals surface area (Å²) >= 11 is 6.29. The van der Waals surface area contributed by atoms with Crippen LogP contribution in [-0.4, -0.2) is 30.1 Å². The van der Waals surface area contributed by atoms with Gasteiger partial charge in [-0.15, -0.1) is 0 Å². The van der Waals surface area contributed by atoms with Crippen LogP contribution in [-0.2, 0) is 6.42 Å². The van der Waals surface area contributed by atoms with Crippen molar-refractivity contribution < 1.29 is 9.53 Å². The number of nitrogens with one attached hydrogen (secondary N) is 1.